The van der Waals surface area contributed by atoms with E-state index in [9.17, 15) is 22.7 Å². The van der Waals surface area contributed by atoms with Gasteiger partial charge in [0.15, 0.2) is 0 Å². The van der Waals surface area contributed by atoms with E-state index in [1.54, 1.807) is 6.07 Å². The molecule has 0 aliphatic heterocycles. The highest BCUT2D eigenvalue weighted by molar-refractivity contribution is 5.53. The minimum absolute atomic E-state index is 0.233. The number of alkyl halides is 3. The van der Waals surface area contributed by atoms with Crippen LogP contribution in [0.1, 0.15) is 16.7 Å². The first-order chi connectivity index (χ1) is 10.2. The van der Waals surface area contributed by atoms with Crippen LogP contribution in [-0.4, -0.2) is 11.3 Å². The number of aliphatic hydroxyl groups is 1. The van der Waals surface area contributed by atoms with E-state index in [2.05, 4.69) is 0 Å². The molecular weight excluding hydrogens is 296 g/mol. The number of hydrogen-bond acceptors (Lipinski definition) is 1. The fourth-order valence-corrected chi connectivity index (χ4v) is 2.16. The fourth-order valence-electron chi connectivity index (χ4n) is 2.16. The number of benzene rings is 2. The maximum atomic E-state index is 13.4. The molecule has 0 saturated heterocycles. The Morgan fingerprint density at radius 1 is 1.00 bits per heavy atom. The molecule has 2 aromatic carbocycles. The van der Waals surface area contributed by atoms with Crippen LogP contribution in [0.2, 0.25) is 0 Å². The van der Waals surface area contributed by atoms with Crippen LogP contribution < -0.4 is 0 Å². The lowest BCUT2D eigenvalue weighted by molar-refractivity contribution is -0.245. The van der Waals surface area contributed by atoms with Crippen LogP contribution in [0, 0.1) is 12.7 Å². The number of halogens is 4. The van der Waals surface area contributed by atoms with Gasteiger partial charge in [-0.25, -0.2) is 4.39 Å². The Bertz CT molecular complexity index is 691. The predicted octanol–water partition coefficient (Wildman–Crippen LogP) is 4.60. The zero-order chi connectivity index (χ0) is 16.4. The summed E-state index contributed by atoms with van der Waals surface area (Å²) in [5.41, 5.74) is -2.84. The van der Waals surface area contributed by atoms with Gasteiger partial charge in [0.1, 0.15) is 5.82 Å². The number of hydrogen-bond donors (Lipinski definition) is 1. The lowest BCUT2D eigenvalue weighted by Crippen LogP contribution is -2.41. The Balaban J connectivity index is 2.50. The minimum atomic E-state index is -4.90. The molecule has 0 bridgehead atoms. The molecule has 116 valence electrons. The number of aryl methyl sites for hydroxylation is 1. The second-order valence-corrected chi connectivity index (χ2v) is 4.97. The molecule has 2 rings (SSSR count). The van der Waals surface area contributed by atoms with E-state index in [1.807, 2.05) is 0 Å². The molecule has 1 unspecified atom stereocenters. The molecule has 2 aromatic rings. The zero-order valence-corrected chi connectivity index (χ0v) is 11.7. The highest BCUT2D eigenvalue weighted by Crippen LogP contribution is 2.41. The topological polar surface area (TPSA) is 20.2 Å². The summed E-state index contributed by atoms with van der Waals surface area (Å²) in [4.78, 5) is 0. The van der Waals surface area contributed by atoms with Crippen molar-refractivity contribution < 1.29 is 22.7 Å². The van der Waals surface area contributed by atoms with Crippen LogP contribution in [0.4, 0.5) is 17.6 Å². The van der Waals surface area contributed by atoms with Gasteiger partial charge in [0.2, 0.25) is 5.60 Å². The van der Waals surface area contributed by atoms with Gasteiger partial charge < -0.3 is 5.11 Å². The Morgan fingerprint density at radius 2 is 1.68 bits per heavy atom. The normalized spacial score (nSPS) is 15.0. The zero-order valence-electron chi connectivity index (χ0n) is 11.7. The molecule has 0 saturated carbocycles. The lowest BCUT2D eigenvalue weighted by atomic mass is 9.88. The third-order valence-electron chi connectivity index (χ3n) is 3.35. The van der Waals surface area contributed by atoms with Crippen LogP contribution >= 0.6 is 0 Å². The van der Waals surface area contributed by atoms with Crippen molar-refractivity contribution in [1.29, 1.82) is 0 Å². The molecule has 1 atom stereocenters. The van der Waals surface area contributed by atoms with Crippen molar-refractivity contribution in [3.05, 3.63) is 77.1 Å². The van der Waals surface area contributed by atoms with Gasteiger partial charge in [0, 0.05) is 0 Å². The molecule has 1 nitrogen and oxygen atoms in total. The quantitative estimate of drug-likeness (QED) is 0.822. The molecule has 22 heavy (non-hydrogen) atoms. The summed E-state index contributed by atoms with van der Waals surface area (Å²) >= 11 is 0. The van der Waals surface area contributed by atoms with Crippen molar-refractivity contribution >= 4 is 6.08 Å². The molecule has 0 aliphatic rings. The lowest BCUT2D eigenvalue weighted by Gasteiger charge is -2.29. The highest BCUT2D eigenvalue weighted by Gasteiger charge is 2.53. The van der Waals surface area contributed by atoms with E-state index >= 15 is 0 Å². The van der Waals surface area contributed by atoms with Crippen molar-refractivity contribution in [3.63, 3.8) is 0 Å². The second-order valence-electron chi connectivity index (χ2n) is 4.97. The first-order valence-corrected chi connectivity index (χ1v) is 6.54. The minimum Gasteiger partial charge on any atom is -0.373 e. The molecule has 0 spiro atoms. The Hall–Kier alpha value is -2.14. The van der Waals surface area contributed by atoms with E-state index in [0.717, 1.165) is 12.1 Å². The Labute approximate surface area is 125 Å². The molecule has 1 N–H and O–H groups in total. The van der Waals surface area contributed by atoms with Crippen molar-refractivity contribution in [2.24, 2.45) is 0 Å². The average Bonchev–Trinajstić information content (AvgIpc) is 2.44. The Morgan fingerprint density at radius 3 is 2.27 bits per heavy atom. The van der Waals surface area contributed by atoms with E-state index < -0.39 is 17.6 Å². The third-order valence-corrected chi connectivity index (χ3v) is 3.35. The first kappa shape index (κ1) is 16.2. The fraction of sp³-hybridized carbons (Fsp3) is 0.176. The van der Waals surface area contributed by atoms with E-state index in [4.69, 9.17) is 0 Å². The smallest absolute Gasteiger partial charge is 0.373 e. The summed E-state index contributed by atoms with van der Waals surface area (Å²) in [7, 11) is 0. The molecule has 5 heteroatoms. The van der Waals surface area contributed by atoms with E-state index in [1.165, 1.54) is 43.3 Å². The maximum absolute atomic E-state index is 13.4. The van der Waals surface area contributed by atoms with Crippen LogP contribution in [0.5, 0.6) is 0 Å². The number of rotatable bonds is 3. The van der Waals surface area contributed by atoms with Gasteiger partial charge in [-0.1, -0.05) is 42.5 Å². The summed E-state index contributed by atoms with van der Waals surface area (Å²) in [5, 5.41) is 10.2. The van der Waals surface area contributed by atoms with Crippen molar-refractivity contribution in [3.8, 4) is 0 Å². The maximum Gasteiger partial charge on any atom is 0.425 e. The van der Waals surface area contributed by atoms with Crippen LogP contribution in [0.25, 0.3) is 6.08 Å². The van der Waals surface area contributed by atoms with Gasteiger partial charge in [-0.3, -0.25) is 0 Å². The van der Waals surface area contributed by atoms with E-state index in [0.29, 0.717) is 11.6 Å². The van der Waals surface area contributed by atoms with Crippen molar-refractivity contribution in [1.82, 2.24) is 0 Å². The largest absolute Gasteiger partial charge is 0.425 e. The summed E-state index contributed by atoms with van der Waals surface area (Å²) in [6.07, 6.45) is -3.20. The Kier molecular flexibility index (Phi) is 4.37. The van der Waals surface area contributed by atoms with Crippen molar-refractivity contribution in [2.45, 2.75) is 18.7 Å². The highest BCUT2D eigenvalue weighted by atomic mass is 19.4. The van der Waals surface area contributed by atoms with Crippen LogP contribution in [0.15, 0.2) is 54.6 Å². The molecule has 0 fully saturated rings. The molecular formula is C17H14F4O. The molecule has 0 radical (unpaired) electrons. The van der Waals surface area contributed by atoms with Gasteiger partial charge in [-0.2, -0.15) is 13.2 Å². The molecule has 0 amide bonds. The summed E-state index contributed by atoms with van der Waals surface area (Å²) in [6.45, 7) is 1.49. The van der Waals surface area contributed by atoms with Crippen molar-refractivity contribution in [2.75, 3.05) is 0 Å². The first-order valence-electron chi connectivity index (χ1n) is 6.54. The van der Waals surface area contributed by atoms with E-state index in [-0.39, 0.29) is 11.1 Å². The summed E-state index contributed by atoms with van der Waals surface area (Å²) < 4.78 is 53.2. The monoisotopic (exact) mass is 310 g/mol. The van der Waals surface area contributed by atoms with Gasteiger partial charge >= 0.3 is 6.18 Å². The molecule has 0 heterocycles. The second kappa shape index (κ2) is 5.93. The average molecular weight is 310 g/mol. The summed E-state index contributed by atoms with van der Waals surface area (Å²) in [5.74, 6) is -0.561. The van der Waals surface area contributed by atoms with Gasteiger partial charge in [-0.05, 0) is 41.8 Å². The van der Waals surface area contributed by atoms with Gasteiger partial charge in [-0.15, -0.1) is 0 Å². The van der Waals surface area contributed by atoms with Crippen LogP contribution in [0.3, 0.4) is 0 Å². The standard InChI is InChI=1S/C17H14F4O/c1-12-5-2-3-8-15(12)16(22,17(19,20)21)10-9-13-6-4-7-14(18)11-13/h2-11,22H,1H3. The van der Waals surface area contributed by atoms with Crippen LogP contribution in [-0.2, 0) is 5.60 Å². The molecule has 0 aliphatic carbocycles. The molecule has 0 aromatic heterocycles. The predicted molar refractivity (Wildman–Crippen MR) is 76.6 cm³/mol. The summed E-state index contributed by atoms with van der Waals surface area (Å²) in [6, 6.07) is 10.8. The van der Waals surface area contributed by atoms with Gasteiger partial charge in [0.05, 0.1) is 0 Å². The third kappa shape index (κ3) is 3.20. The SMILES string of the molecule is Cc1ccccc1C(O)(C=Cc1cccc(F)c1)C(F)(F)F. The van der Waals surface area contributed by atoms with Gasteiger partial charge in [0.25, 0.3) is 0 Å².